The molecule has 0 spiro atoms. The van der Waals surface area contributed by atoms with Crippen molar-refractivity contribution in [2.75, 3.05) is 13.7 Å². The monoisotopic (exact) mass is 374 g/mol. The number of hydrogen-bond acceptors (Lipinski definition) is 7. The SMILES string of the molecule is CCOc1ncccc1C(=O)OC(C)C(=O)c1[nH]c(C)c(C(=O)OC)c1C. The van der Waals surface area contributed by atoms with Crippen molar-refractivity contribution in [2.45, 2.75) is 33.8 Å². The van der Waals surface area contributed by atoms with Gasteiger partial charge in [-0.2, -0.15) is 0 Å². The third-order valence-corrected chi connectivity index (χ3v) is 4.00. The Morgan fingerprint density at radius 3 is 2.56 bits per heavy atom. The van der Waals surface area contributed by atoms with E-state index in [0.29, 0.717) is 23.4 Å². The van der Waals surface area contributed by atoms with Gasteiger partial charge in [-0.25, -0.2) is 14.6 Å². The van der Waals surface area contributed by atoms with Gasteiger partial charge in [-0.1, -0.05) is 0 Å². The largest absolute Gasteiger partial charge is 0.477 e. The van der Waals surface area contributed by atoms with Crippen molar-refractivity contribution < 1.29 is 28.6 Å². The summed E-state index contributed by atoms with van der Waals surface area (Å²) < 4.78 is 15.3. The lowest BCUT2D eigenvalue weighted by atomic mass is 10.1. The van der Waals surface area contributed by atoms with Crippen LogP contribution in [-0.4, -0.2) is 47.5 Å². The number of esters is 2. The Morgan fingerprint density at radius 1 is 1.22 bits per heavy atom. The lowest BCUT2D eigenvalue weighted by Gasteiger charge is -2.13. The second-order valence-electron chi connectivity index (χ2n) is 5.82. The van der Waals surface area contributed by atoms with Gasteiger partial charge in [-0.05, 0) is 45.4 Å². The van der Waals surface area contributed by atoms with Crippen LogP contribution in [0.2, 0.25) is 0 Å². The number of aromatic amines is 1. The van der Waals surface area contributed by atoms with Crippen LogP contribution in [0.15, 0.2) is 18.3 Å². The van der Waals surface area contributed by atoms with E-state index >= 15 is 0 Å². The van der Waals surface area contributed by atoms with E-state index < -0.39 is 23.8 Å². The third-order valence-electron chi connectivity index (χ3n) is 4.00. The number of nitrogens with zero attached hydrogens (tertiary/aromatic N) is 1. The highest BCUT2D eigenvalue weighted by atomic mass is 16.5. The van der Waals surface area contributed by atoms with E-state index in [-0.39, 0.29) is 17.1 Å². The predicted octanol–water partition coefficient (Wildman–Crippen LogP) is 2.64. The van der Waals surface area contributed by atoms with E-state index in [1.54, 1.807) is 26.8 Å². The van der Waals surface area contributed by atoms with E-state index in [1.165, 1.54) is 26.3 Å². The van der Waals surface area contributed by atoms with Gasteiger partial charge >= 0.3 is 11.9 Å². The number of rotatable bonds is 7. The van der Waals surface area contributed by atoms with Crippen molar-refractivity contribution >= 4 is 17.7 Å². The maximum Gasteiger partial charge on any atom is 0.344 e. The highest BCUT2D eigenvalue weighted by Gasteiger charge is 2.28. The molecule has 0 amide bonds. The maximum absolute atomic E-state index is 12.7. The van der Waals surface area contributed by atoms with Crippen molar-refractivity contribution in [1.29, 1.82) is 0 Å². The summed E-state index contributed by atoms with van der Waals surface area (Å²) >= 11 is 0. The van der Waals surface area contributed by atoms with Gasteiger partial charge in [-0.15, -0.1) is 0 Å². The van der Waals surface area contributed by atoms with Crippen LogP contribution < -0.4 is 4.74 Å². The molecule has 2 aromatic heterocycles. The highest BCUT2D eigenvalue weighted by Crippen LogP contribution is 2.22. The van der Waals surface area contributed by atoms with Crippen LogP contribution in [0.25, 0.3) is 0 Å². The number of carbonyl (C=O) groups excluding carboxylic acids is 3. The predicted molar refractivity (Wildman–Crippen MR) is 96.2 cm³/mol. The fourth-order valence-electron chi connectivity index (χ4n) is 2.68. The minimum absolute atomic E-state index is 0.133. The molecule has 1 unspecified atom stereocenters. The van der Waals surface area contributed by atoms with E-state index in [9.17, 15) is 14.4 Å². The molecular weight excluding hydrogens is 352 g/mol. The smallest absolute Gasteiger partial charge is 0.344 e. The molecule has 2 aromatic rings. The second-order valence-corrected chi connectivity index (χ2v) is 5.82. The van der Waals surface area contributed by atoms with Gasteiger partial charge < -0.3 is 19.2 Å². The van der Waals surface area contributed by atoms with Crippen molar-refractivity contribution in [3.8, 4) is 5.88 Å². The quantitative estimate of drug-likeness (QED) is 0.586. The van der Waals surface area contributed by atoms with Crippen molar-refractivity contribution in [3.05, 3.63) is 46.4 Å². The van der Waals surface area contributed by atoms with Gasteiger partial charge in [0.05, 0.1) is 25.0 Å². The zero-order valence-corrected chi connectivity index (χ0v) is 15.9. The fourth-order valence-corrected chi connectivity index (χ4v) is 2.68. The number of methoxy groups -OCH3 is 1. The molecule has 27 heavy (non-hydrogen) atoms. The highest BCUT2D eigenvalue weighted by molar-refractivity contribution is 6.04. The molecule has 0 aliphatic carbocycles. The standard InChI is InChI=1S/C19H22N2O6/c1-6-26-17-13(8-7-9-20-17)18(23)27-12(4)16(22)15-10(2)14(11(3)21-15)19(24)25-5/h7-9,12,21H,6H2,1-5H3. The van der Waals surface area contributed by atoms with Crippen LogP contribution in [-0.2, 0) is 9.47 Å². The normalized spacial score (nSPS) is 11.6. The zero-order chi connectivity index (χ0) is 20.1. The number of aromatic nitrogens is 2. The molecule has 0 saturated carbocycles. The molecule has 0 radical (unpaired) electrons. The summed E-state index contributed by atoms with van der Waals surface area (Å²) in [5.41, 5.74) is 1.58. The molecule has 8 nitrogen and oxygen atoms in total. The Balaban J connectivity index is 2.22. The number of Topliss-reactive ketones (excluding diaryl/α,β-unsaturated/α-hetero) is 1. The zero-order valence-electron chi connectivity index (χ0n) is 15.9. The van der Waals surface area contributed by atoms with Gasteiger partial charge in [0.15, 0.2) is 6.10 Å². The Bertz CT molecular complexity index is 871. The first kappa shape index (κ1) is 20.2. The summed E-state index contributed by atoms with van der Waals surface area (Å²) in [5, 5.41) is 0. The molecule has 0 aliphatic heterocycles. The van der Waals surface area contributed by atoms with Crippen molar-refractivity contribution in [1.82, 2.24) is 9.97 Å². The molecule has 0 bridgehead atoms. The molecule has 144 valence electrons. The lowest BCUT2D eigenvalue weighted by molar-refractivity contribution is 0.0312. The van der Waals surface area contributed by atoms with Crippen LogP contribution in [0.1, 0.15) is 56.3 Å². The van der Waals surface area contributed by atoms with E-state index in [4.69, 9.17) is 14.2 Å². The summed E-state index contributed by atoms with van der Waals surface area (Å²) in [6.45, 7) is 6.86. The summed E-state index contributed by atoms with van der Waals surface area (Å²) in [4.78, 5) is 43.9. The van der Waals surface area contributed by atoms with Crippen molar-refractivity contribution in [2.24, 2.45) is 0 Å². The Morgan fingerprint density at radius 2 is 1.93 bits per heavy atom. The van der Waals surface area contributed by atoms with Crippen LogP contribution >= 0.6 is 0 Å². The number of hydrogen-bond donors (Lipinski definition) is 1. The summed E-state index contributed by atoms with van der Waals surface area (Å²) in [6.07, 6.45) is 0.421. The molecule has 1 atom stereocenters. The minimum Gasteiger partial charge on any atom is -0.477 e. The number of ketones is 1. The topological polar surface area (TPSA) is 108 Å². The van der Waals surface area contributed by atoms with E-state index in [1.807, 2.05) is 0 Å². The number of aryl methyl sites for hydroxylation is 1. The second kappa shape index (κ2) is 8.48. The first-order chi connectivity index (χ1) is 12.8. The lowest BCUT2D eigenvalue weighted by Crippen LogP contribution is -2.25. The molecule has 0 saturated heterocycles. The maximum atomic E-state index is 12.7. The van der Waals surface area contributed by atoms with Gasteiger partial charge in [0.2, 0.25) is 11.7 Å². The number of H-pyrrole nitrogens is 1. The van der Waals surface area contributed by atoms with Gasteiger partial charge in [0, 0.05) is 11.9 Å². The number of ether oxygens (including phenoxy) is 3. The Labute approximate surface area is 156 Å². The first-order valence-electron chi connectivity index (χ1n) is 8.42. The average Bonchev–Trinajstić information content (AvgIpc) is 2.95. The van der Waals surface area contributed by atoms with Gasteiger partial charge in [0.25, 0.3) is 0 Å². The number of nitrogens with one attached hydrogen (secondary N) is 1. The van der Waals surface area contributed by atoms with Crippen LogP contribution in [0, 0.1) is 13.8 Å². The molecule has 2 heterocycles. The minimum atomic E-state index is -1.07. The van der Waals surface area contributed by atoms with Crippen molar-refractivity contribution in [3.63, 3.8) is 0 Å². The van der Waals surface area contributed by atoms with Crippen LogP contribution in [0.5, 0.6) is 5.88 Å². The summed E-state index contributed by atoms with van der Waals surface area (Å²) in [7, 11) is 1.27. The van der Waals surface area contributed by atoms with Crippen LogP contribution in [0.4, 0.5) is 0 Å². The Hall–Kier alpha value is -3.16. The number of carbonyl (C=O) groups is 3. The molecule has 0 aliphatic rings. The third kappa shape index (κ3) is 4.16. The summed E-state index contributed by atoms with van der Waals surface area (Å²) in [6, 6.07) is 3.09. The fraction of sp³-hybridized carbons (Fsp3) is 0.368. The number of pyridine rings is 1. The first-order valence-corrected chi connectivity index (χ1v) is 8.42. The molecular formula is C19H22N2O6. The molecule has 8 heteroatoms. The molecule has 0 fully saturated rings. The summed E-state index contributed by atoms with van der Waals surface area (Å²) in [5.74, 6) is -1.58. The molecule has 1 N–H and O–H groups in total. The molecule has 2 rings (SSSR count). The van der Waals surface area contributed by atoms with E-state index in [0.717, 1.165) is 0 Å². The van der Waals surface area contributed by atoms with E-state index in [2.05, 4.69) is 9.97 Å². The Kier molecular flexibility index (Phi) is 6.33. The van der Waals surface area contributed by atoms with Gasteiger partial charge in [-0.3, -0.25) is 4.79 Å². The van der Waals surface area contributed by atoms with Crippen LogP contribution in [0.3, 0.4) is 0 Å². The molecule has 0 aromatic carbocycles. The van der Waals surface area contributed by atoms with Gasteiger partial charge in [0.1, 0.15) is 5.56 Å². The average molecular weight is 374 g/mol.